The molecule has 2 atom stereocenters. The molecule has 1 aliphatic carbocycles. The first kappa shape index (κ1) is 30.5. The highest BCUT2D eigenvalue weighted by Crippen LogP contribution is 2.34. The molecule has 2 unspecified atom stereocenters. The van der Waals surface area contributed by atoms with Gasteiger partial charge in [-0.1, -0.05) is 51.5 Å². The number of amides is 1. The van der Waals surface area contributed by atoms with Gasteiger partial charge in [-0.3, -0.25) is 4.79 Å². The average molecular weight is 580 g/mol. The van der Waals surface area contributed by atoms with Gasteiger partial charge in [-0.25, -0.2) is 8.42 Å². The zero-order valence-corrected chi connectivity index (χ0v) is 24.3. The van der Waals surface area contributed by atoms with Crippen molar-refractivity contribution in [2.75, 3.05) is 13.1 Å². The number of alkyl halides is 3. The summed E-state index contributed by atoms with van der Waals surface area (Å²) in [5.41, 5.74) is 2.70. The van der Waals surface area contributed by atoms with Crippen molar-refractivity contribution >= 4 is 15.9 Å². The predicted molar refractivity (Wildman–Crippen MR) is 149 cm³/mol. The largest absolute Gasteiger partial charge is 0.416 e. The van der Waals surface area contributed by atoms with Crippen LogP contribution in [0.15, 0.2) is 47.4 Å². The maximum Gasteiger partial charge on any atom is 0.416 e. The van der Waals surface area contributed by atoms with Gasteiger partial charge in [0, 0.05) is 32.1 Å². The molecule has 0 bridgehead atoms. The predicted octanol–water partition coefficient (Wildman–Crippen LogP) is 5.97. The van der Waals surface area contributed by atoms with Crippen molar-refractivity contribution in [3.05, 3.63) is 64.7 Å². The van der Waals surface area contributed by atoms with Crippen molar-refractivity contribution in [2.45, 2.75) is 95.4 Å². The number of rotatable bonds is 8. The van der Waals surface area contributed by atoms with Crippen LogP contribution in [0.5, 0.6) is 0 Å². The lowest BCUT2D eigenvalue weighted by atomic mass is 9.86. The minimum atomic E-state index is -4.65. The summed E-state index contributed by atoms with van der Waals surface area (Å²) in [6.07, 6.45) is -0.151. The quantitative estimate of drug-likeness (QED) is 0.404. The van der Waals surface area contributed by atoms with Crippen LogP contribution in [0.3, 0.4) is 0 Å². The number of carbonyl (C=O) groups is 1. The second kappa shape index (κ2) is 12.2. The molecule has 2 aromatic carbocycles. The average Bonchev–Trinajstić information content (AvgIpc) is 2.88. The van der Waals surface area contributed by atoms with Gasteiger partial charge in [0.2, 0.25) is 15.9 Å². The monoisotopic (exact) mass is 579 g/mol. The molecule has 40 heavy (non-hydrogen) atoms. The molecule has 10 heteroatoms. The van der Waals surface area contributed by atoms with E-state index < -0.39 is 32.7 Å². The molecule has 0 radical (unpaired) electrons. The third kappa shape index (κ3) is 7.64. The smallest absolute Gasteiger partial charge is 0.349 e. The van der Waals surface area contributed by atoms with Gasteiger partial charge in [0.25, 0.3) is 0 Å². The van der Waals surface area contributed by atoms with Crippen LogP contribution in [0.2, 0.25) is 0 Å². The van der Waals surface area contributed by atoms with E-state index in [1.54, 1.807) is 0 Å². The molecule has 6 nitrogen and oxygen atoms in total. The zero-order valence-electron chi connectivity index (χ0n) is 23.5. The van der Waals surface area contributed by atoms with Crippen molar-refractivity contribution in [1.82, 2.24) is 14.9 Å². The van der Waals surface area contributed by atoms with E-state index in [0.29, 0.717) is 18.9 Å². The molecule has 2 aromatic rings. The molecule has 0 saturated carbocycles. The fourth-order valence-corrected chi connectivity index (χ4v) is 7.38. The van der Waals surface area contributed by atoms with Crippen LogP contribution in [0.4, 0.5) is 13.2 Å². The van der Waals surface area contributed by atoms with Crippen molar-refractivity contribution in [2.24, 2.45) is 5.41 Å². The fraction of sp³-hybridized carbons (Fsp3) is 0.567. The van der Waals surface area contributed by atoms with E-state index in [1.165, 1.54) is 21.5 Å². The summed E-state index contributed by atoms with van der Waals surface area (Å²) in [6.45, 7) is 8.42. The number of aryl methyl sites for hydroxylation is 1. The number of benzene rings is 2. The summed E-state index contributed by atoms with van der Waals surface area (Å²) in [5, 5.41) is 6.62. The van der Waals surface area contributed by atoms with Crippen molar-refractivity contribution in [1.29, 1.82) is 0 Å². The summed E-state index contributed by atoms with van der Waals surface area (Å²) in [5.74, 6) is -0.245. The number of nitrogens with zero attached hydrogens (tertiary/aromatic N) is 1. The molecule has 0 spiro atoms. The number of carbonyl (C=O) groups excluding carboxylic acids is 1. The van der Waals surface area contributed by atoms with Crippen molar-refractivity contribution in [3.8, 4) is 0 Å². The number of hydrogen-bond donors (Lipinski definition) is 2. The maximum atomic E-state index is 13.4. The Balaban J connectivity index is 1.43. The first-order valence-corrected chi connectivity index (χ1v) is 15.5. The number of piperidine rings is 1. The van der Waals surface area contributed by atoms with E-state index in [-0.39, 0.29) is 30.3 Å². The van der Waals surface area contributed by atoms with Gasteiger partial charge in [0.15, 0.2) is 0 Å². The molecular formula is C30H40F3N3O3S. The van der Waals surface area contributed by atoms with E-state index >= 15 is 0 Å². The third-order valence-electron chi connectivity index (χ3n) is 7.60. The summed E-state index contributed by atoms with van der Waals surface area (Å²) in [4.78, 5) is 12.8. The Bertz CT molecular complexity index is 1310. The Hall–Kier alpha value is -2.43. The number of sulfonamides is 1. The number of halogens is 3. The number of hydrogen-bond acceptors (Lipinski definition) is 4. The molecule has 1 aliphatic heterocycles. The highest BCUT2D eigenvalue weighted by Gasteiger charge is 2.37. The molecule has 2 aliphatic rings. The van der Waals surface area contributed by atoms with E-state index in [2.05, 4.69) is 49.6 Å². The van der Waals surface area contributed by atoms with Crippen molar-refractivity contribution < 1.29 is 26.4 Å². The summed E-state index contributed by atoms with van der Waals surface area (Å²) >= 11 is 0. The number of fused-ring (bicyclic) bond motifs is 1. The molecular weight excluding hydrogens is 539 g/mol. The highest BCUT2D eigenvalue weighted by atomic mass is 32.2. The third-order valence-corrected chi connectivity index (χ3v) is 9.55. The summed E-state index contributed by atoms with van der Waals surface area (Å²) < 4.78 is 67.7. The van der Waals surface area contributed by atoms with Gasteiger partial charge in [-0.05, 0) is 72.4 Å². The van der Waals surface area contributed by atoms with Gasteiger partial charge in [-0.2, -0.15) is 17.5 Å². The Morgan fingerprint density at radius 3 is 2.52 bits per heavy atom. The molecule has 0 aromatic heterocycles. The Kier molecular flexibility index (Phi) is 9.31. The minimum Gasteiger partial charge on any atom is -0.349 e. The minimum absolute atomic E-state index is 0.0289. The topological polar surface area (TPSA) is 78.5 Å². The fourth-order valence-electron chi connectivity index (χ4n) is 5.64. The number of nitrogens with one attached hydrogen (secondary N) is 2. The van der Waals surface area contributed by atoms with Crippen LogP contribution in [-0.2, 0) is 34.0 Å². The van der Waals surface area contributed by atoms with Crippen LogP contribution in [-0.4, -0.2) is 37.8 Å². The molecule has 4 rings (SSSR count). The first-order valence-electron chi connectivity index (χ1n) is 14.0. The van der Waals surface area contributed by atoms with Gasteiger partial charge in [-0.15, -0.1) is 0 Å². The second-order valence-corrected chi connectivity index (χ2v) is 14.1. The van der Waals surface area contributed by atoms with E-state index in [9.17, 15) is 26.4 Å². The van der Waals surface area contributed by atoms with Crippen LogP contribution >= 0.6 is 0 Å². The van der Waals surface area contributed by atoms with Gasteiger partial charge < -0.3 is 10.6 Å². The SMILES string of the molecule is CC(C)(C)CNCc1ccc2c(c1)CCCC2NC(=O)CC1CCCCN1S(=O)(=O)c1cccc(C(F)(F)F)c1. The molecule has 220 valence electrons. The standard InChI is InChI=1S/C30H40F3N3O3S/c1-29(2,3)20-34-19-21-13-14-26-22(16-21)8-6-12-27(26)35-28(37)18-24-10-4-5-15-36(24)40(38,39)25-11-7-9-23(17-25)30(31,32)33/h7,9,11,13-14,16-17,24,27,34H,4-6,8,10,12,15,18-20H2,1-3H3,(H,35,37). The van der Waals surface area contributed by atoms with E-state index in [0.717, 1.165) is 56.5 Å². The lowest BCUT2D eigenvalue weighted by Gasteiger charge is -2.35. The van der Waals surface area contributed by atoms with E-state index in [1.807, 2.05) is 0 Å². The Morgan fingerprint density at radius 2 is 1.80 bits per heavy atom. The molecule has 1 heterocycles. The van der Waals surface area contributed by atoms with Gasteiger partial charge >= 0.3 is 6.18 Å². The lowest BCUT2D eigenvalue weighted by Crippen LogP contribution is -2.46. The van der Waals surface area contributed by atoms with Crippen LogP contribution in [0.25, 0.3) is 0 Å². The lowest BCUT2D eigenvalue weighted by molar-refractivity contribution is -0.137. The normalized spacial score (nSPS) is 20.6. The van der Waals surface area contributed by atoms with Crippen molar-refractivity contribution in [3.63, 3.8) is 0 Å². The molecule has 2 N–H and O–H groups in total. The Labute approximate surface area is 235 Å². The summed E-state index contributed by atoms with van der Waals surface area (Å²) in [7, 11) is -4.20. The van der Waals surface area contributed by atoms with E-state index in [4.69, 9.17) is 0 Å². The Morgan fingerprint density at radius 1 is 1.02 bits per heavy atom. The van der Waals surface area contributed by atoms with Crippen LogP contribution < -0.4 is 10.6 Å². The van der Waals surface area contributed by atoms with Gasteiger partial charge in [0.05, 0.1) is 16.5 Å². The zero-order chi connectivity index (χ0) is 29.1. The second-order valence-electron chi connectivity index (χ2n) is 12.2. The summed E-state index contributed by atoms with van der Waals surface area (Å²) in [6, 6.07) is 9.43. The maximum absolute atomic E-state index is 13.4. The first-order chi connectivity index (χ1) is 18.7. The van der Waals surface area contributed by atoms with Gasteiger partial charge in [0.1, 0.15) is 0 Å². The van der Waals surface area contributed by atoms with Crippen LogP contribution in [0.1, 0.15) is 87.6 Å². The van der Waals surface area contributed by atoms with Crippen LogP contribution in [0, 0.1) is 5.41 Å². The highest BCUT2D eigenvalue weighted by molar-refractivity contribution is 7.89. The molecule has 1 fully saturated rings. The molecule has 1 saturated heterocycles. The molecule has 1 amide bonds.